The van der Waals surface area contributed by atoms with Crippen LogP contribution in [0.1, 0.15) is 55.4 Å². The van der Waals surface area contributed by atoms with E-state index in [-0.39, 0.29) is 0 Å². The van der Waals surface area contributed by atoms with E-state index in [1.54, 1.807) is 0 Å². The van der Waals surface area contributed by atoms with Crippen molar-refractivity contribution < 1.29 is 0 Å². The predicted octanol–water partition coefficient (Wildman–Crippen LogP) is 7.47. The summed E-state index contributed by atoms with van der Waals surface area (Å²) in [6.45, 7) is 20.4. The highest BCUT2D eigenvalue weighted by atomic mass is 14.7. The first kappa shape index (κ1) is 24.0. The Hall–Kier alpha value is -2.35. The Labute approximate surface area is 217 Å². The molecule has 2 aliphatic heterocycles. The molecule has 0 radical (unpaired) electrons. The van der Waals surface area contributed by atoms with Crippen LogP contribution in [0.2, 0.25) is 25.3 Å². The van der Waals surface area contributed by atoms with Crippen LogP contribution in [-0.2, 0) is 0 Å². The molecule has 2 nitrogen and oxygen atoms in total. The number of aromatic nitrogens is 2. The Morgan fingerprint density at radius 2 is 0.778 bits per heavy atom. The minimum absolute atomic E-state index is 0.326. The summed E-state index contributed by atoms with van der Waals surface area (Å²) in [5.41, 5.74) is 6.08. The molecule has 0 unspecified atom stereocenters. The van der Waals surface area contributed by atoms with E-state index < -0.39 is 0 Å². The van der Waals surface area contributed by atoms with Gasteiger partial charge in [-0.15, -0.1) is 0 Å². The summed E-state index contributed by atoms with van der Waals surface area (Å²) in [7, 11) is 0. The summed E-state index contributed by atoms with van der Waals surface area (Å²) in [6.07, 6.45) is 4.80. The first-order valence-electron chi connectivity index (χ1n) is 13.9. The normalized spacial score (nSPS) is 22.2. The fraction of sp³-hybridized carbons (Fsp3) is 0.500. The highest BCUT2D eigenvalue weighted by Crippen LogP contribution is 2.53. The van der Waals surface area contributed by atoms with Crippen LogP contribution in [0.3, 0.4) is 0 Å². The monoisotopic (exact) mass is 474 g/mol. The summed E-state index contributed by atoms with van der Waals surface area (Å²) < 4.78 is 0. The first-order chi connectivity index (χ1) is 16.8. The quantitative estimate of drug-likeness (QED) is 0.223. The van der Waals surface area contributed by atoms with E-state index in [1.165, 1.54) is 58.0 Å². The number of rotatable bonds is 2. The molecule has 0 aliphatic carbocycles. The predicted molar refractivity (Wildman–Crippen MR) is 160 cm³/mol. The van der Waals surface area contributed by atoms with Crippen molar-refractivity contribution in [1.29, 1.82) is 0 Å². The fourth-order valence-corrected chi connectivity index (χ4v) is 7.20. The summed E-state index contributed by atoms with van der Waals surface area (Å²) in [4.78, 5) is 10.7. The topological polar surface area (TPSA) is 25.8 Å². The molecule has 0 bridgehead atoms. The maximum atomic E-state index is 5.33. The molecule has 0 spiro atoms. The number of hydrogen-bond acceptors (Lipinski definition) is 2. The van der Waals surface area contributed by atoms with Gasteiger partial charge in [0.1, 0.15) is 0 Å². The van der Waals surface area contributed by atoms with Gasteiger partial charge in [-0.3, -0.25) is 9.97 Å². The van der Waals surface area contributed by atoms with Gasteiger partial charge in [0, 0.05) is 32.7 Å². The minimum atomic E-state index is 0.326. The van der Waals surface area contributed by atoms with Crippen LogP contribution in [0, 0.1) is 21.7 Å². The number of benzene rings is 2. The molecule has 0 amide bonds. The molecule has 2 aliphatic rings. The second-order valence-electron chi connectivity index (χ2n) is 14.6. The van der Waals surface area contributed by atoms with E-state index in [4.69, 9.17) is 9.97 Å². The minimum Gasteiger partial charge on any atom is -0.262 e. The SMILES string of the molecule is CC1(C)CB(c2ccc3ccc4c(ccc5ccc(B6CC(C)(C)C(C)(C)C6)nc54)c3n2)CC1(C)C. The number of hydrogen-bond donors (Lipinski definition) is 0. The maximum absolute atomic E-state index is 5.33. The van der Waals surface area contributed by atoms with Gasteiger partial charge in [0.05, 0.1) is 11.0 Å². The zero-order valence-corrected chi connectivity index (χ0v) is 23.5. The Kier molecular flexibility index (Phi) is 5.06. The molecule has 4 aromatic rings. The third-order valence-electron chi connectivity index (χ3n) is 11.1. The average molecular weight is 474 g/mol. The molecule has 6 rings (SSSR count). The summed E-state index contributed by atoms with van der Waals surface area (Å²) >= 11 is 0. The highest BCUT2D eigenvalue weighted by molar-refractivity contribution is 6.74. The van der Waals surface area contributed by atoms with Crippen LogP contribution in [0.25, 0.3) is 32.6 Å². The molecule has 2 aromatic heterocycles. The van der Waals surface area contributed by atoms with Crippen LogP contribution < -0.4 is 11.2 Å². The molecule has 0 atom stereocenters. The van der Waals surface area contributed by atoms with Crippen LogP contribution in [0.5, 0.6) is 0 Å². The Balaban J connectivity index is 1.46. The molecule has 2 fully saturated rings. The van der Waals surface area contributed by atoms with Gasteiger partial charge in [0.2, 0.25) is 13.4 Å². The lowest BCUT2D eigenvalue weighted by molar-refractivity contribution is 0.177. The lowest BCUT2D eigenvalue weighted by Crippen LogP contribution is -2.31. The third-order valence-corrected chi connectivity index (χ3v) is 11.1. The van der Waals surface area contributed by atoms with Gasteiger partial charge in [-0.25, -0.2) is 0 Å². The second-order valence-corrected chi connectivity index (χ2v) is 14.6. The van der Waals surface area contributed by atoms with Gasteiger partial charge in [-0.1, -0.05) is 117 Å². The van der Waals surface area contributed by atoms with Crippen molar-refractivity contribution in [3.8, 4) is 0 Å². The number of fused-ring (bicyclic) bond motifs is 5. The van der Waals surface area contributed by atoms with Gasteiger partial charge in [0.15, 0.2) is 0 Å². The van der Waals surface area contributed by atoms with Crippen molar-refractivity contribution in [3.05, 3.63) is 48.5 Å². The number of pyridine rings is 2. The molecule has 0 N–H and O–H groups in total. The van der Waals surface area contributed by atoms with E-state index in [2.05, 4.69) is 104 Å². The van der Waals surface area contributed by atoms with Crippen molar-refractivity contribution in [2.24, 2.45) is 21.7 Å². The summed E-state index contributed by atoms with van der Waals surface area (Å²) in [5, 5.41) is 4.90. The van der Waals surface area contributed by atoms with Gasteiger partial charge >= 0.3 is 0 Å². The molecule has 2 aromatic carbocycles. The summed E-state index contributed by atoms with van der Waals surface area (Å²) in [5.74, 6) is 0. The van der Waals surface area contributed by atoms with Crippen molar-refractivity contribution in [2.75, 3.05) is 0 Å². The first-order valence-corrected chi connectivity index (χ1v) is 13.9. The molecule has 184 valence electrons. The lowest BCUT2D eigenvalue weighted by atomic mass is 9.44. The average Bonchev–Trinajstić information content (AvgIpc) is 3.17. The Bertz CT molecular complexity index is 1370. The molecule has 36 heavy (non-hydrogen) atoms. The van der Waals surface area contributed by atoms with E-state index >= 15 is 0 Å². The largest absolute Gasteiger partial charge is 0.262 e. The Morgan fingerprint density at radius 3 is 1.11 bits per heavy atom. The van der Waals surface area contributed by atoms with Crippen LogP contribution in [0.15, 0.2) is 48.5 Å². The van der Waals surface area contributed by atoms with Crippen LogP contribution >= 0.6 is 0 Å². The standard InChI is InChI=1S/C32H40B2N2/c1-29(2)17-33(18-30(29,3)4)25-15-11-21-9-14-24-23(27(21)35-25)13-10-22-12-16-26(36-28(22)24)34-19-31(5,6)32(7,8)20-34/h9-16H,17-20H2,1-8H3. The molecule has 2 saturated heterocycles. The van der Waals surface area contributed by atoms with E-state index in [1.807, 2.05) is 0 Å². The zero-order chi connectivity index (χ0) is 25.7. The lowest BCUT2D eigenvalue weighted by Gasteiger charge is -2.35. The fourth-order valence-electron chi connectivity index (χ4n) is 7.20. The van der Waals surface area contributed by atoms with Crippen LogP contribution in [-0.4, -0.2) is 23.4 Å². The van der Waals surface area contributed by atoms with E-state index in [9.17, 15) is 0 Å². The second kappa shape index (κ2) is 7.59. The van der Waals surface area contributed by atoms with E-state index in [0.29, 0.717) is 35.1 Å². The smallest absolute Gasteiger partial charge is 0.201 e. The molecular formula is C32H40B2N2. The van der Waals surface area contributed by atoms with E-state index in [0.717, 1.165) is 11.0 Å². The molecule has 4 heteroatoms. The Morgan fingerprint density at radius 1 is 0.472 bits per heavy atom. The molecule has 4 heterocycles. The highest BCUT2D eigenvalue weighted by Gasteiger charge is 2.49. The van der Waals surface area contributed by atoms with Gasteiger partial charge < -0.3 is 0 Å². The van der Waals surface area contributed by atoms with Gasteiger partial charge in [-0.05, 0) is 33.8 Å². The van der Waals surface area contributed by atoms with Crippen molar-refractivity contribution in [2.45, 2.75) is 80.7 Å². The van der Waals surface area contributed by atoms with Crippen molar-refractivity contribution in [1.82, 2.24) is 9.97 Å². The third kappa shape index (κ3) is 3.54. The molecule has 0 saturated carbocycles. The van der Waals surface area contributed by atoms with Crippen LogP contribution in [0.4, 0.5) is 0 Å². The van der Waals surface area contributed by atoms with Crippen molar-refractivity contribution in [3.63, 3.8) is 0 Å². The van der Waals surface area contributed by atoms with Gasteiger partial charge in [0.25, 0.3) is 0 Å². The number of nitrogens with zero attached hydrogens (tertiary/aromatic N) is 2. The summed E-state index contributed by atoms with van der Waals surface area (Å²) in [6, 6.07) is 18.1. The maximum Gasteiger partial charge on any atom is 0.201 e. The molecular weight excluding hydrogens is 434 g/mol. The zero-order valence-electron chi connectivity index (χ0n) is 23.5. The van der Waals surface area contributed by atoms with Gasteiger partial charge in [-0.2, -0.15) is 0 Å². The van der Waals surface area contributed by atoms with Crippen molar-refractivity contribution >= 4 is 57.2 Å².